The number of nitrogens with zero attached hydrogens (tertiary/aromatic N) is 1. The summed E-state index contributed by atoms with van der Waals surface area (Å²) in [6.07, 6.45) is 2.44. The van der Waals surface area contributed by atoms with Crippen LogP contribution in [0.1, 0.15) is 17.7 Å². The van der Waals surface area contributed by atoms with Gasteiger partial charge in [-0.2, -0.15) is 0 Å². The summed E-state index contributed by atoms with van der Waals surface area (Å²) in [7, 11) is 1.65. The molecule has 0 amide bonds. The molecule has 0 aliphatic rings. The first-order valence-corrected chi connectivity index (χ1v) is 6.03. The van der Waals surface area contributed by atoms with Crippen molar-refractivity contribution in [2.75, 3.05) is 33.5 Å². The molecule has 0 atom stereocenters. The van der Waals surface area contributed by atoms with Crippen LogP contribution in [0.4, 0.5) is 0 Å². The van der Waals surface area contributed by atoms with Gasteiger partial charge in [-0.15, -0.1) is 0 Å². The number of rotatable bonds is 9. The smallest absolute Gasteiger partial charge is 0.128 e. The number of aliphatic hydroxyl groups is 1. The highest BCUT2D eigenvalue weighted by atomic mass is 16.5. The van der Waals surface area contributed by atoms with E-state index >= 15 is 0 Å². The van der Waals surface area contributed by atoms with Crippen LogP contribution in [0.25, 0.3) is 0 Å². The summed E-state index contributed by atoms with van der Waals surface area (Å²) in [6, 6.07) is 1.83. The quantitative estimate of drug-likeness (QED) is 0.674. The second-order valence-corrected chi connectivity index (χ2v) is 3.90. The van der Waals surface area contributed by atoms with Crippen LogP contribution in [0.15, 0.2) is 12.3 Å². The maximum absolute atomic E-state index is 9.15. The molecule has 0 aromatic carbocycles. The normalized spacial score (nSPS) is 10.6. The third kappa shape index (κ3) is 5.44. The SMILES string of the molecule is COCCOCCCOc1cc(C)ncc1CO. The molecular formula is C13H21NO4. The minimum atomic E-state index is -0.0625. The molecule has 102 valence electrons. The highest BCUT2D eigenvalue weighted by molar-refractivity contribution is 5.32. The van der Waals surface area contributed by atoms with E-state index in [1.807, 2.05) is 13.0 Å². The number of ether oxygens (including phenoxy) is 3. The highest BCUT2D eigenvalue weighted by Crippen LogP contribution is 2.18. The predicted molar refractivity (Wildman–Crippen MR) is 67.7 cm³/mol. The van der Waals surface area contributed by atoms with Crippen molar-refractivity contribution in [1.82, 2.24) is 4.98 Å². The molecule has 0 saturated carbocycles. The van der Waals surface area contributed by atoms with E-state index < -0.39 is 0 Å². The minimum absolute atomic E-state index is 0.0625. The Hall–Kier alpha value is -1.17. The number of aromatic nitrogens is 1. The van der Waals surface area contributed by atoms with Gasteiger partial charge in [0.25, 0.3) is 0 Å². The summed E-state index contributed by atoms with van der Waals surface area (Å²) in [5.41, 5.74) is 1.58. The summed E-state index contributed by atoms with van der Waals surface area (Å²) < 4.78 is 15.8. The van der Waals surface area contributed by atoms with E-state index in [9.17, 15) is 0 Å². The fourth-order valence-corrected chi connectivity index (χ4v) is 1.40. The fraction of sp³-hybridized carbons (Fsp3) is 0.615. The predicted octanol–water partition coefficient (Wildman–Crippen LogP) is 1.31. The van der Waals surface area contributed by atoms with Gasteiger partial charge in [0.05, 0.1) is 26.4 Å². The molecule has 0 saturated heterocycles. The van der Waals surface area contributed by atoms with Crippen molar-refractivity contribution >= 4 is 0 Å². The van der Waals surface area contributed by atoms with Crippen molar-refractivity contribution in [3.05, 3.63) is 23.5 Å². The summed E-state index contributed by atoms with van der Waals surface area (Å²) in [4.78, 5) is 4.11. The van der Waals surface area contributed by atoms with Crippen molar-refractivity contribution in [2.45, 2.75) is 20.0 Å². The van der Waals surface area contributed by atoms with Gasteiger partial charge in [-0.25, -0.2) is 0 Å². The third-order valence-corrected chi connectivity index (χ3v) is 2.37. The van der Waals surface area contributed by atoms with Gasteiger partial charge in [0.1, 0.15) is 5.75 Å². The molecule has 5 nitrogen and oxygen atoms in total. The van der Waals surface area contributed by atoms with Gasteiger partial charge in [0.2, 0.25) is 0 Å². The van der Waals surface area contributed by atoms with Crippen LogP contribution in [0.3, 0.4) is 0 Å². The number of pyridine rings is 1. The summed E-state index contributed by atoms with van der Waals surface area (Å²) in [5, 5.41) is 9.15. The van der Waals surface area contributed by atoms with Crippen LogP contribution >= 0.6 is 0 Å². The second-order valence-electron chi connectivity index (χ2n) is 3.90. The van der Waals surface area contributed by atoms with E-state index in [1.54, 1.807) is 13.3 Å². The molecule has 18 heavy (non-hydrogen) atoms. The number of hydrogen-bond acceptors (Lipinski definition) is 5. The molecule has 0 aliphatic heterocycles. The summed E-state index contributed by atoms with van der Waals surface area (Å²) in [6.45, 7) is 4.24. The zero-order chi connectivity index (χ0) is 13.2. The van der Waals surface area contributed by atoms with Gasteiger partial charge in [-0.05, 0) is 6.92 Å². The summed E-state index contributed by atoms with van der Waals surface area (Å²) >= 11 is 0. The lowest BCUT2D eigenvalue weighted by atomic mass is 10.2. The van der Waals surface area contributed by atoms with Crippen molar-refractivity contribution in [3.8, 4) is 5.75 Å². The number of aryl methyl sites for hydroxylation is 1. The fourth-order valence-electron chi connectivity index (χ4n) is 1.40. The maximum Gasteiger partial charge on any atom is 0.128 e. The van der Waals surface area contributed by atoms with Crippen molar-refractivity contribution in [1.29, 1.82) is 0 Å². The Morgan fingerprint density at radius 3 is 2.78 bits per heavy atom. The summed E-state index contributed by atoms with van der Waals surface area (Å²) in [5.74, 6) is 0.696. The molecule has 1 heterocycles. The van der Waals surface area contributed by atoms with Crippen LogP contribution < -0.4 is 4.74 Å². The zero-order valence-electron chi connectivity index (χ0n) is 11.0. The molecule has 0 aliphatic carbocycles. The van der Waals surface area contributed by atoms with Crippen LogP contribution in [0.2, 0.25) is 0 Å². The van der Waals surface area contributed by atoms with Crippen molar-refractivity contribution in [3.63, 3.8) is 0 Å². The Bertz CT molecular complexity index is 344. The lowest BCUT2D eigenvalue weighted by Gasteiger charge is -2.10. The van der Waals surface area contributed by atoms with E-state index in [2.05, 4.69) is 4.98 Å². The third-order valence-electron chi connectivity index (χ3n) is 2.37. The molecule has 0 unspecified atom stereocenters. The Morgan fingerprint density at radius 1 is 1.22 bits per heavy atom. The van der Waals surface area contributed by atoms with Gasteiger partial charge < -0.3 is 19.3 Å². The van der Waals surface area contributed by atoms with E-state index in [0.29, 0.717) is 37.7 Å². The molecule has 1 aromatic rings. The van der Waals surface area contributed by atoms with Gasteiger partial charge in [0, 0.05) is 43.7 Å². The van der Waals surface area contributed by atoms with Crippen LogP contribution in [-0.4, -0.2) is 43.6 Å². The molecule has 1 rings (SSSR count). The number of methoxy groups -OCH3 is 1. The van der Waals surface area contributed by atoms with Gasteiger partial charge in [-0.1, -0.05) is 0 Å². The van der Waals surface area contributed by atoms with E-state index in [1.165, 1.54) is 0 Å². The maximum atomic E-state index is 9.15. The largest absolute Gasteiger partial charge is 0.493 e. The van der Waals surface area contributed by atoms with Crippen LogP contribution in [0.5, 0.6) is 5.75 Å². The highest BCUT2D eigenvalue weighted by Gasteiger charge is 2.03. The molecule has 0 spiro atoms. The van der Waals surface area contributed by atoms with E-state index in [-0.39, 0.29) is 6.61 Å². The average molecular weight is 255 g/mol. The van der Waals surface area contributed by atoms with Crippen LogP contribution in [0, 0.1) is 6.92 Å². The lowest BCUT2D eigenvalue weighted by Crippen LogP contribution is -2.07. The Kier molecular flexibility index (Phi) is 7.32. The van der Waals surface area contributed by atoms with Crippen molar-refractivity contribution < 1.29 is 19.3 Å². The molecule has 5 heteroatoms. The standard InChI is InChI=1S/C13H21NO4/c1-11-8-13(12(10-15)9-14-11)18-5-3-4-17-7-6-16-2/h8-9,15H,3-7,10H2,1-2H3. The molecule has 0 radical (unpaired) electrons. The lowest BCUT2D eigenvalue weighted by molar-refractivity contribution is 0.0643. The Balaban J connectivity index is 2.24. The van der Waals surface area contributed by atoms with E-state index in [4.69, 9.17) is 19.3 Å². The van der Waals surface area contributed by atoms with Gasteiger partial charge >= 0.3 is 0 Å². The van der Waals surface area contributed by atoms with Crippen LogP contribution in [-0.2, 0) is 16.1 Å². The Morgan fingerprint density at radius 2 is 2.06 bits per heavy atom. The van der Waals surface area contributed by atoms with E-state index in [0.717, 1.165) is 12.1 Å². The first-order chi connectivity index (χ1) is 8.77. The molecular weight excluding hydrogens is 234 g/mol. The molecule has 1 aromatic heterocycles. The number of hydrogen-bond donors (Lipinski definition) is 1. The zero-order valence-corrected chi connectivity index (χ0v) is 11.0. The average Bonchev–Trinajstić information content (AvgIpc) is 2.38. The first kappa shape index (κ1) is 14.9. The minimum Gasteiger partial charge on any atom is -0.493 e. The Labute approximate surface area is 108 Å². The first-order valence-electron chi connectivity index (χ1n) is 6.03. The monoisotopic (exact) mass is 255 g/mol. The molecule has 0 bridgehead atoms. The van der Waals surface area contributed by atoms with Crippen molar-refractivity contribution in [2.24, 2.45) is 0 Å². The van der Waals surface area contributed by atoms with Gasteiger partial charge in [-0.3, -0.25) is 4.98 Å². The van der Waals surface area contributed by atoms with Gasteiger partial charge in [0.15, 0.2) is 0 Å². The molecule has 1 N–H and O–H groups in total. The topological polar surface area (TPSA) is 60.8 Å². The second kappa shape index (κ2) is 8.85. The molecule has 0 fully saturated rings. The number of aliphatic hydroxyl groups excluding tert-OH is 1.